The maximum absolute atomic E-state index is 5.24. The van der Waals surface area contributed by atoms with Crippen LogP contribution in [-0.4, -0.2) is 57.2 Å². The van der Waals surface area contributed by atoms with Gasteiger partial charge in [0.05, 0.1) is 7.11 Å². The summed E-state index contributed by atoms with van der Waals surface area (Å²) in [5.74, 6) is 3.05. The zero-order valence-electron chi connectivity index (χ0n) is 18.0. The summed E-state index contributed by atoms with van der Waals surface area (Å²) in [4.78, 5) is 7.39. The number of nitrogens with one attached hydrogen (secondary N) is 2. The van der Waals surface area contributed by atoms with Gasteiger partial charge < -0.3 is 20.3 Å². The Morgan fingerprint density at radius 2 is 2.00 bits per heavy atom. The number of likely N-dealkylation sites (tertiary alicyclic amines) is 1. The van der Waals surface area contributed by atoms with E-state index >= 15 is 0 Å². The van der Waals surface area contributed by atoms with Crippen LogP contribution < -0.4 is 15.4 Å². The summed E-state index contributed by atoms with van der Waals surface area (Å²) >= 11 is 0. The van der Waals surface area contributed by atoms with Crippen LogP contribution in [0.25, 0.3) is 0 Å². The first-order valence-electron chi connectivity index (χ1n) is 10.5. The molecule has 1 aliphatic rings. The molecule has 160 valence electrons. The summed E-state index contributed by atoms with van der Waals surface area (Å²) in [5.41, 5.74) is 1.35. The second-order valence-electron chi connectivity index (χ2n) is 7.51. The van der Waals surface area contributed by atoms with Gasteiger partial charge in [-0.25, -0.2) is 0 Å². The monoisotopic (exact) mass is 502 g/mol. The fourth-order valence-corrected chi connectivity index (χ4v) is 3.66. The van der Waals surface area contributed by atoms with Crippen molar-refractivity contribution in [2.75, 3.05) is 46.4 Å². The highest BCUT2D eigenvalue weighted by molar-refractivity contribution is 14.0. The average Bonchev–Trinajstić information content (AvgIpc) is 2.72. The lowest BCUT2D eigenvalue weighted by Gasteiger charge is -2.31. The molecule has 0 radical (unpaired) electrons. The number of guanidine groups is 1. The molecular formula is C22H39IN4O. The zero-order chi connectivity index (χ0) is 19.5. The molecule has 2 N–H and O–H groups in total. The van der Waals surface area contributed by atoms with E-state index in [1.807, 2.05) is 12.1 Å². The van der Waals surface area contributed by atoms with Crippen molar-refractivity contribution in [1.29, 1.82) is 0 Å². The van der Waals surface area contributed by atoms with E-state index < -0.39 is 0 Å². The molecule has 6 heteroatoms. The molecule has 1 heterocycles. The average molecular weight is 502 g/mol. The number of piperidine rings is 1. The molecule has 0 spiro atoms. The Hall–Kier alpha value is -1.02. The van der Waals surface area contributed by atoms with Gasteiger partial charge in [-0.05, 0) is 68.8 Å². The van der Waals surface area contributed by atoms with Crippen LogP contribution in [0.5, 0.6) is 5.75 Å². The van der Waals surface area contributed by atoms with Crippen LogP contribution in [0.4, 0.5) is 0 Å². The Morgan fingerprint density at radius 3 is 2.64 bits per heavy atom. The Morgan fingerprint density at radius 1 is 1.25 bits per heavy atom. The number of benzene rings is 1. The van der Waals surface area contributed by atoms with E-state index in [0.29, 0.717) is 11.8 Å². The SMILES string of the molecule is CCNC(=NCC1CCCN(CC)C1)NCCC(C)c1ccc(OC)cc1.I. The van der Waals surface area contributed by atoms with Crippen molar-refractivity contribution in [2.24, 2.45) is 10.9 Å². The van der Waals surface area contributed by atoms with Gasteiger partial charge in [-0.15, -0.1) is 24.0 Å². The predicted octanol–water partition coefficient (Wildman–Crippen LogP) is 4.09. The molecule has 5 nitrogen and oxygen atoms in total. The van der Waals surface area contributed by atoms with Gasteiger partial charge in [-0.2, -0.15) is 0 Å². The number of methoxy groups -OCH3 is 1. The predicted molar refractivity (Wildman–Crippen MR) is 130 cm³/mol. The van der Waals surface area contributed by atoms with Crippen LogP contribution >= 0.6 is 24.0 Å². The summed E-state index contributed by atoms with van der Waals surface area (Å²) in [6.45, 7) is 13.0. The first-order valence-corrected chi connectivity index (χ1v) is 10.5. The highest BCUT2D eigenvalue weighted by atomic mass is 127. The molecule has 0 aromatic heterocycles. The Balaban J connectivity index is 0.00000392. The topological polar surface area (TPSA) is 48.9 Å². The number of aliphatic imine (C=N–C) groups is 1. The molecule has 2 unspecified atom stereocenters. The second kappa shape index (κ2) is 14.0. The molecule has 0 saturated carbocycles. The zero-order valence-corrected chi connectivity index (χ0v) is 20.4. The van der Waals surface area contributed by atoms with E-state index in [-0.39, 0.29) is 24.0 Å². The van der Waals surface area contributed by atoms with Crippen molar-refractivity contribution < 1.29 is 4.74 Å². The number of ether oxygens (including phenoxy) is 1. The van der Waals surface area contributed by atoms with E-state index in [1.165, 1.54) is 31.5 Å². The molecule has 1 saturated heterocycles. The van der Waals surface area contributed by atoms with Gasteiger partial charge >= 0.3 is 0 Å². The Labute approximate surface area is 188 Å². The summed E-state index contributed by atoms with van der Waals surface area (Å²) in [7, 11) is 1.71. The van der Waals surface area contributed by atoms with Crippen molar-refractivity contribution in [1.82, 2.24) is 15.5 Å². The Kier molecular flexibility index (Phi) is 12.5. The standard InChI is InChI=1S/C22H38N4O.HI/c1-5-23-22(25-16-19-8-7-15-26(6-2)17-19)24-14-13-18(3)20-9-11-21(27-4)12-10-20;/h9-12,18-19H,5-8,13-17H2,1-4H3,(H2,23,24,25);1H. The molecule has 0 bridgehead atoms. The maximum Gasteiger partial charge on any atom is 0.191 e. The first-order chi connectivity index (χ1) is 13.2. The Bertz CT molecular complexity index is 564. The number of hydrogen-bond donors (Lipinski definition) is 2. The number of rotatable bonds is 9. The van der Waals surface area contributed by atoms with Crippen molar-refractivity contribution in [3.05, 3.63) is 29.8 Å². The molecule has 1 aromatic carbocycles. The van der Waals surface area contributed by atoms with Crippen molar-refractivity contribution >= 4 is 29.9 Å². The normalized spacial score (nSPS) is 18.9. The van der Waals surface area contributed by atoms with Crippen LogP contribution in [0, 0.1) is 5.92 Å². The van der Waals surface area contributed by atoms with Crippen molar-refractivity contribution in [2.45, 2.75) is 46.0 Å². The summed E-state index contributed by atoms with van der Waals surface area (Å²) in [6.07, 6.45) is 3.68. The van der Waals surface area contributed by atoms with E-state index in [9.17, 15) is 0 Å². The van der Waals surface area contributed by atoms with E-state index in [1.54, 1.807) is 7.11 Å². The van der Waals surface area contributed by atoms with E-state index in [0.717, 1.165) is 44.3 Å². The van der Waals surface area contributed by atoms with Gasteiger partial charge in [0.2, 0.25) is 0 Å². The highest BCUT2D eigenvalue weighted by Gasteiger charge is 2.18. The largest absolute Gasteiger partial charge is 0.497 e. The van der Waals surface area contributed by atoms with Crippen LogP contribution in [0.1, 0.15) is 51.5 Å². The fourth-order valence-electron chi connectivity index (χ4n) is 3.66. The lowest BCUT2D eigenvalue weighted by Crippen LogP contribution is -2.40. The molecule has 1 fully saturated rings. The fraction of sp³-hybridized carbons (Fsp3) is 0.682. The van der Waals surface area contributed by atoms with Gasteiger partial charge in [-0.3, -0.25) is 4.99 Å². The van der Waals surface area contributed by atoms with E-state index in [4.69, 9.17) is 9.73 Å². The third-order valence-electron chi connectivity index (χ3n) is 5.46. The minimum Gasteiger partial charge on any atom is -0.497 e. The van der Waals surface area contributed by atoms with Crippen LogP contribution in [0.2, 0.25) is 0 Å². The van der Waals surface area contributed by atoms with Crippen LogP contribution in [-0.2, 0) is 0 Å². The van der Waals surface area contributed by atoms with Crippen LogP contribution in [0.15, 0.2) is 29.3 Å². The summed E-state index contributed by atoms with van der Waals surface area (Å²) < 4.78 is 5.24. The lowest BCUT2D eigenvalue weighted by atomic mass is 9.98. The molecule has 0 amide bonds. The van der Waals surface area contributed by atoms with Crippen molar-refractivity contribution in [3.63, 3.8) is 0 Å². The molecular weight excluding hydrogens is 463 g/mol. The van der Waals surface area contributed by atoms with Gasteiger partial charge in [0.15, 0.2) is 5.96 Å². The van der Waals surface area contributed by atoms with Crippen LogP contribution in [0.3, 0.4) is 0 Å². The summed E-state index contributed by atoms with van der Waals surface area (Å²) in [6, 6.07) is 8.39. The van der Waals surface area contributed by atoms with Gasteiger partial charge in [0, 0.05) is 26.2 Å². The molecule has 2 atom stereocenters. The van der Waals surface area contributed by atoms with Gasteiger partial charge in [0.25, 0.3) is 0 Å². The smallest absolute Gasteiger partial charge is 0.191 e. The quantitative estimate of drug-likeness (QED) is 0.304. The third kappa shape index (κ3) is 8.55. The molecule has 0 aliphatic carbocycles. The molecule has 28 heavy (non-hydrogen) atoms. The molecule has 1 aromatic rings. The minimum atomic E-state index is 0. The first kappa shape index (κ1) is 25.0. The summed E-state index contributed by atoms with van der Waals surface area (Å²) in [5, 5.41) is 6.89. The lowest BCUT2D eigenvalue weighted by molar-refractivity contribution is 0.186. The second-order valence-corrected chi connectivity index (χ2v) is 7.51. The molecule has 2 rings (SSSR count). The van der Waals surface area contributed by atoms with Crippen molar-refractivity contribution in [3.8, 4) is 5.75 Å². The minimum absolute atomic E-state index is 0. The van der Waals surface area contributed by atoms with E-state index in [2.05, 4.69) is 48.4 Å². The maximum atomic E-state index is 5.24. The number of nitrogens with zero attached hydrogens (tertiary/aromatic N) is 2. The number of hydrogen-bond acceptors (Lipinski definition) is 3. The van der Waals surface area contributed by atoms with Gasteiger partial charge in [0.1, 0.15) is 5.75 Å². The molecule has 1 aliphatic heterocycles. The number of halogens is 1. The van der Waals surface area contributed by atoms with Gasteiger partial charge in [-0.1, -0.05) is 26.0 Å². The third-order valence-corrected chi connectivity index (χ3v) is 5.46. The highest BCUT2D eigenvalue weighted by Crippen LogP contribution is 2.21.